The van der Waals surface area contributed by atoms with Gasteiger partial charge in [-0.3, -0.25) is 4.79 Å². The zero-order chi connectivity index (χ0) is 51.0. The van der Waals surface area contributed by atoms with E-state index in [2.05, 4.69) is 51.2 Å². The van der Waals surface area contributed by atoms with Gasteiger partial charge in [-0.05, 0) is 70.5 Å². The summed E-state index contributed by atoms with van der Waals surface area (Å²) in [6.45, 7) is 20.3. The first-order chi connectivity index (χ1) is 34.0. The van der Waals surface area contributed by atoms with Crippen molar-refractivity contribution in [3.63, 3.8) is 0 Å². The Labute approximate surface area is 468 Å². The minimum absolute atomic E-state index is 0. The number of unbranched alkanes of at least 4 members (excludes halogenated alkanes) is 39. The molecule has 0 aromatic rings. The molecule has 0 aliphatic carbocycles. The van der Waals surface area contributed by atoms with Gasteiger partial charge in [0.1, 0.15) is 0 Å². The van der Waals surface area contributed by atoms with Gasteiger partial charge in [-0.25, -0.2) is 0 Å². The fourth-order valence-corrected chi connectivity index (χ4v) is 9.67. The maximum absolute atomic E-state index is 10.0. The van der Waals surface area contributed by atoms with E-state index in [4.69, 9.17) is 5.11 Å². The summed E-state index contributed by atoms with van der Waals surface area (Å²) in [4.78, 5) is 12.5. The second-order valence-corrected chi connectivity index (χ2v) is 21.8. The molecule has 2 unspecified atom stereocenters. The number of rotatable bonds is 57. The van der Waals surface area contributed by atoms with Gasteiger partial charge in [-0.2, -0.15) is 6.42 Å². The molecule has 0 amide bonds. The molecule has 0 bridgehead atoms. The molecule has 0 heterocycles. The van der Waals surface area contributed by atoms with E-state index in [0.717, 1.165) is 64.0 Å². The summed E-state index contributed by atoms with van der Waals surface area (Å²) in [6.07, 6.45) is 67.3. The van der Waals surface area contributed by atoms with Gasteiger partial charge in [-0.1, -0.05) is 304 Å². The van der Waals surface area contributed by atoms with Crippen LogP contribution in [0.3, 0.4) is 0 Å². The summed E-state index contributed by atoms with van der Waals surface area (Å²) in [6, 6.07) is 0. The van der Waals surface area contributed by atoms with Gasteiger partial charge in [0.05, 0.1) is 12.7 Å². The molecule has 5 nitrogen and oxygen atoms in total. The predicted octanol–water partition coefficient (Wildman–Crippen LogP) is 20.8. The Morgan fingerprint density at radius 2 is 0.671 bits per heavy atom. The third kappa shape index (κ3) is 75.0. The third-order valence-corrected chi connectivity index (χ3v) is 14.5. The molecule has 6 heteroatoms. The molecule has 0 rings (SSSR count). The van der Waals surface area contributed by atoms with Crippen LogP contribution in [0.25, 0.3) is 0 Å². The first kappa shape index (κ1) is 77.0. The molecule has 2 N–H and O–H groups in total. The van der Waals surface area contributed by atoms with Crippen molar-refractivity contribution in [1.29, 1.82) is 0 Å². The van der Waals surface area contributed by atoms with Crippen molar-refractivity contribution in [3.8, 4) is 0 Å². The van der Waals surface area contributed by atoms with Crippen LogP contribution >= 0.6 is 0 Å². The number of carbonyl (C=O) groups is 1. The molecule has 0 saturated heterocycles. The molecular formula is C64H132NO4Y-. The van der Waals surface area contributed by atoms with Crippen molar-refractivity contribution in [1.82, 2.24) is 4.90 Å². The molecule has 0 fully saturated rings. The van der Waals surface area contributed by atoms with Gasteiger partial charge < -0.3 is 26.8 Å². The molecule has 0 aliphatic heterocycles. The molecule has 0 aromatic carbocycles. The van der Waals surface area contributed by atoms with Crippen LogP contribution in [0.5, 0.6) is 0 Å². The normalized spacial score (nSPS) is 12.0. The number of aliphatic hydroxyl groups is 2. The maximum Gasteiger partial charge on any atom is 0.293 e. The van der Waals surface area contributed by atoms with Crippen molar-refractivity contribution in [3.05, 3.63) is 6.92 Å². The zero-order valence-electron chi connectivity index (χ0n) is 49.1. The van der Waals surface area contributed by atoms with Crippen molar-refractivity contribution in [2.75, 3.05) is 32.8 Å². The number of hydrogen-bond donors (Lipinski definition) is 2. The molecule has 0 saturated carbocycles. The topological polar surface area (TPSA) is 70.0 Å². The largest absolute Gasteiger partial charge is 0.468 e. The van der Waals surface area contributed by atoms with Gasteiger partial charge in [0.15, 0.2) is 0 Å². The number of nitrogens with zero attached hydrogens (tertiary/aromatic N) is 1. The molecule has 1 radical (unpaired) electrons. The Bertz CT molecular complexity index is 817. The van der Waals surface area contributed by atoms with Crippen LogP contribution < -0.4 is 0 Å². The summed E-state index contributed by atoms with van der Waals surface area (Å²) in [7, 11) is 0. The molecule has 421 valence electrons. The minimum Gasteiger partial charge on any atom is -0.468 e. The SMILES string of the molecule is CCCCCCCCCCCCC(C)CCCCCCCCCC.CCCCCCCCCCCCC(O)CCCCCCCCCC.[CH2-]CCCCCN(CCCCO)CCCCCCOC=O.[Y]. The van der Waals surface area contributed by atoms with E-state index in [-0.39, 0.29) is 38.8 Å². The molecule has 0 aliphatic rings. The van der Waals surface area contributed by atoms with E-state index < -0.39 is 0 Å². The van der Waals surface area contributed by atoms with E-state index in [9.17, 15) is 9.90 Å². The van der Waals surface area contributed by atoms with Crippen LogP contribution in [0.15, 0.2) is 0 Å². The number of carbonyl (C=O) groups excluding carboxylic acids is 1. The Kier molecular flexibility index (Phi) is 81.0. The van der Waals surface area contributed by atoms with Crippen LogP contribution in [-0.4, -0.2) is 60.5 Å². The molecule has 0 spiro atoms. The Balaban J connectivity index is -0.000000465. The van der Waals surface area contributed by atoms with Gasteiger partial charge in [0, 0.05) is 39.3 Å². The maximum atomic E-state index is 10.0. The average Bonchev–Trinajstić information content (AvgIpc) is 3.35. The van der Waals surface area contributed by atoms with E-state index in [1.807, 2.05) is 0 Å². The van der Waals surface area contributed by atoms with Gasteiger partial charge in [-0.15, -0.1) is 0 Å². The van der Waals surface area contributed by atoms with Crippen molar-refractivity contribution in [2.45, 2.75) is 362 Å². The van der Waals surface area contributed by atoms with Gasteiger partial charge >= 0.3 is 0 Å². The quantitative estimate of drug-likeness (QED) is 0.0361. The first-order valence-electron chi connectivity index (χ1n) is 31.8. The minimum atomic E-state index is -0.0286. The summed E-state index contributed by atoms with van der Waals surface area (Å²) in [5.41, 5.74) is 0. The van der Waals surface area contributed by atoms with Crippen LogP contribution in [0.1, 0.15) is 356 Å². The van der Waals surface area contributed by atoms with Crippen molar-refractivity contribution < 1.29 is 52.5 Å². The van der Waals surface area contributed by atoms with Gasteiger partial charge in [0.25, 0.3) is 6.47 Å². The first-order valence-corrected chi connectivity index (χ1v) is 31.8. The molecule has 70 heavy (non-hydrogen) atoms. The number of aliphatic hydroxyl groups excluding tert-OH is 2. The fraction of sp³-hybridized carbons (Fsp3) is 0.969. The van der Waals surface area contributed by atoms with Crippen LogP contribution in [0, 0.1) is 12.8 Å². The van der Waals surface area contributed by atoms with E-state index in [1.54, 1.807) is 0 Å². The van der Waals surface area contributed by atoms with Crippen molar-refractivity contribution in [2.24, 2.45) is 5.92 Å². The number of hydrogen-bond acceptors (Lipinski definition) is 5. The van der Waals surface area contributed by atoms with Gasteiger partial charge in [0.2, 0.25) is 0 Å². The van der Waals surface area contributed by atoms with Crippen LogP contribution in [-0.2, 0) is 42.2 Å². The van der Waals surface area contributed by atoms with Crippen LogP contribution in [0.4, 0.5) is 0 Å². The second-order valence-electron chi connectivity index (χ2n) is 21.8. The Hall–Kier alpha value is 0.454. The number of ether oxygens (including phenoxy) is 1. The predicted molar refractivity (Wildman–Crippen MR) is 310 cm³/mol. The molecular weight excluding hydrogens is 936 g/mol. The van der Waals surface area contributed by atoms with Crippen LogP contribution in [0.2, 0.25) is 0 Å². The fourth-order valence-electron chi connectivity index (χ4n) is 9.67. The Morgan fingerprint density at radius 3 is 0.986 bits per heavy atom. The summed E-state index contributed by atoms with van der Waals surface area (Å²) >= 11 is 0. The third-order valence-electron chi connectivity index (χ3n) is 14.5. The summed E-state index contributed by atoms with van der Waals surface area (Å²) in [5, 5.41) is 18.9. The zero-order valence-corrected chi connectivity index (χ0v) is 51.9. The standard InChI is InChI=1S/C24H50.C23H48O.C17H34NO3.Y/c1-4-6-8-10-12-14-15-17-19-21-23-24(3)22-20-18-16-13-11-9-7-5-2;1-3-5-7-9-11-13-14-16-18-20-22-23(24)21-19-17-15-12-10-8-6-4-2;1-2-3-4-7-12-18(14-9-10-15-19)13-8-5-6-11-16-21-17-20;/h24H,4-23H2,1-3H3;23-24H,3-22H2,1-2H3;17,19H,1-16H2;/q;;-1;. The Morgan fingerprint density at radius 1 is 0.400 bits per heavy atom. The molecule has 0 aromatic heterocycles. The summed E-state index contributed by atoms with van der Waals surface area (Å²) < 4.78 is 4.68. The second kappa shape index (κ2) is 73.7. The average molecular weight is 1070 g/mol. The monoisotopic (exact) mass is 1070 g/mol. The smallest absolute Gasteiger partial charge is 0.293 e. The van der Waals surface area contributed by atoms with E-state index >= 15 is 0 Å². The van der Waals surface area contributed by atoms with Crippen molar-refractivity contribution >= 4 is 6.47 Å². The molecule has 2 atom stereocenters. The van der Waals surface area contributed by atoms with E-state index in [1.165, 1.54) is 283 Å². The summed E-state index contributed by atoms with van der Waals surface area (Å²) in [5.74, 6) is 0.971. The van der Waals surface area contributed by atoms with E-state index in [0.29, 0.717) is 19.7 Å².